The van der Waals surface area contributed by atoms with Crippen LogP contribution in [0.5, 0.6) is 0 Å². The molecular weight excluding hydrogens is 180 g/mol. The Morgan fingerprint density at radius 2 is 2.36 bits per heavy atom. The first kappa shape index (κ1) is 10.2. The maximum atomic E-state index is 10.8. The number of primary amides is 1. The molecule has 3 N–H and O–H groups in total. The van der Waals surface area contributed by atoms with Crippen molar-refractivity contribution in [2.45, 2.75) is 6.42 Å². The van der Waals surface area contributed by atoms with Gasteiger partial charge in [-0.15, -0.1) is 0 Å². The van der Waals surface area contributed by atoms with E-state index in [0.29, 0.717) is 12.1 Å². The Bertz CT molecular complexity index is 391. The third-order valence-electron chi connectivity index (χ3n) is 1.45. The SMILES string of the molecule is NC(=O)c1cccc(C#CCCO)n1. The molecule has 0 unspecified atom stereocenters. The molecule has 0 saturated carbocycles. The third-order valence-corrected chi connectivity index (χ3v) is 1.45. The highest BCUT2D eigenvalue weighted by atomic mass is 16.2. The minimum atomic E-state index is -0.573. The zero-order valence-corrected chi connectivity index (χ0v) is 7.53. The number of carbonyl (C=O) groups excluding carboxylic acids is 1. The third kappa shape index (κ3) is 2.88. The van der Waals surface area contributed by atoms with Crippen LogP contribution in [0.15, 0.2) is 18.2 Å². The van der Waals surface area contributed by atoms with E-state index in [-0.39, 0.29) is 12.3 Å². The van der Waals surface area contributed by atoms with E-state index in [4.69, 9.17) is 10.8 Å². The van der Waals surface area contributed by atoms with Gasteiger partial charge in [-0.25, -0.2) is 4.98 Å². The lowest BCUT2D eigenvalue weighted by molar-refractivity contribution is 0.0995. The standard InChI is InChI=1S/C10H10N2O2/c11-10(14)9-6-3-5-8(12-9)4-1-2-7-13/h3,5-6,13H,2,7H2,(H2,11,14). The van der Waals surface area contributed by atoms with Crippen molar-refractivity contribution < 1.29 is 9.90 Å². The number of nitrogens with two attached hydrogens (primary N) is 1. The molecule has 4 nitrogen and oxygen atoms in total. The predicted molar refractivity (Wildman–Crippen MR) is 51.3 cm³/mol. The van der Waals surface area contributed by atoms with Crippen molar-refractivity contribution >= 4 is 5.91 Å². The summed E-state index contributed by atoms with van der Waals surface area (Å²) < 4.78 is 0. The van der Waals surface area contributed by atoms with E-state index in [1.165, 1.54) is 6.07 Å². The normalized spacial score (nSPS) is 8.93. The minimum absolute atomic E-state index is 0.0164. The minimum Gasteiger partial charge on any atom is -0.395 e. The molecule has 72 valence electrons. The van der Waals surface area contributed by atoms with Gasteiger partial charge >= 0.3 is 0 Å². The molecule has 0 aliphatic heterocycles. The van der Waals surface area contributed by atoms with Gasteiger partial charge in [-0.1, -0.05) is 12.0 Å². The fourth-order valence-electron chi connectivity index (χ4n) is 0.851. The van der Waals surface area contributed by atoms with Crippen LogP contribution < -0.4 is 5.73 Å². The number of hydrogen-bond donors (Lipinski definition) is 2. The van der Waals surface area contributed by atoms with Crippen molar-refractivity contribution in [1.29, 1.82) is 0 Å². The Kier molecular flexibility index (Phi) is 3.65. The molecule has 0 atom stereocenters. The van der Waals surface area contributed by atoms with E-state index < -0.39 is 5.91 Å². The Morgan fingerprint density at radius 1 is 1.57 bits per heavy atom. The average molecular weight is 190 g/mol. The molecule has 0 fully saturated rings. The summed E-state index contributed by atoms with van der Waals surface area (Å²) in [7, 11) is 0. The van der Waals surface area contributed by atoms with Crippen LogP contribution in [-0.2, 0) is 0 Å². The van der Waals surface area contributed by atoms with Crippen LogP contribution in [0.2, 0.25) is 0 Å². The van der Waals surface area contributed by atoms with Crippen LogP contribution >= 0.6 is 0 Å². The number of nitrogens with zero attached hydrogens (tertiary/aromatic N) is 1. The second kappa shape index (κ2) is 5.00. The van der Waals surface area contributed by atoms with Crippen LogP contribution in [-0.4, -0.2) is 22.6 Å². The van der Waals surface area contributed by atoms with E-state index in [1.54, 1.807) is 12.1 Å². The Labute approximate surface area is 81.8 Å². The zero-order chi connectivity index (χ0) is 10.4. The largest absolute Gasteiger partial charge is 0.395 e. The van der Waals surface area contributed by atoms with Gasteiger partial charge in [-0.3, -0.25) is 4.79 Å². The van der Waals surface area contributed by atoms with Gasteiger partial charge in [0.15, 0.2) is 0 Å². The Balaban J connectivity index is 2.85. The smallest absolute Gasteiger partial charge is 0.267 e. The molecule has 0 radical (unpaired) electrons. The average Bonchev–Trinajstić information content (AvgIpc) is 2.19. The summed E-state index contributed by atoms with van der Waals surface area (Å²) in [5.41, 5.74) is 5.72. The first-order valence-electron chi connectivity index (χ1n) is 4.10. The zero-order valence-electron chi connectivity index (χ0n) is 7.53. The highest BCUT2D eigenvalue weighted by Crippen LogP contribution is 1.96. The van der Waals surface area contributed by atoms with E-state index in [0.717, 1.165) is 0 Å². The molecule has 4 heteroatoms. The molecule has 14 heavy (non-hydrogen) atoms. The predicted octanol–water partition coefficient (Wildman–Crippen LogP) is -0.0856. The number of aromatic nitrogens is 1. The van der Waals surface area contributed by atoms with Gasteiger partial charge in [0.2, 0.25) is 0 Å². The molecular formula is C10H10N2O2. The monoisotopic (exact) mass is 190 g/mol. The summed E-state index contributed by atoms with van der Waals surface area (Å²) in [5, 5.41) is 8.49. The molecule has 1 amide bonds. The second-order valence-electron chi connectivity index (χ2n) is 2.55. The molecule has 0 saturated heterocycles. The first-order valence-corrected chi connectivity index (χ1v) is 4.10. The summed E-state index contributed by atoms with van der Waals surface area (Å²) >= 11 is 0. The number of aliphatic hydroxyl groups is 1. The van der Waals surface area contributed by atoms with Crippen molar-refractivity contribution in [2.75, 3.05) is 6.61 Å². The molecule has 0 aromatic carbocycles. The van der Waals surface area contributed by atoms with Crippen molar-refractivity contribution in [1.82, 2.24) is 4.98 Å². The number of pyridine rings is 1. The molecule has 0 aliphatic carbocycles. The van der Waals surface area contributed by atoms with Gasteiger partial charge < -0.3 is 10.8 Å². The number of hydrogen-bond acceptors (Lipinski definition) is 3. The lowest BCUT2D eigenvalue weighted by atomic mass is 10.3. The molecule has 0 aliphatic rings. The van der Waals surface area contributed by atoms with E-state index in [2.05, 4.69) is 16.8 Å². The lowest BCUT2D eigenvalue weighted by Gasteiger charge is -1.94. The molecule has 0 bridgehead atoms. The Hall–Kier alpha value is -1.86. The van der Waals surface area contributed by atoms with Gasteiger partial charge in [-0.05, 0) is 18.1 Å². The first-order chi connectivity index (χ1) is 6.74. The Morgan fingerprint density at radius 3 is 3.00 bits per heavy atom. The summed E-state index contributed by atoms with van der Waals surface area (Å²) in [6.07, 6.45) is 0.391. The summed E-state index contributed by atoms with van der Waals surface area (Å²) in [6, 6.07) is 4.87. The van der Waals surface area contributed by atoms with Gasteiger partial charge in [0.25, 0.3) is 5.91 Å². The van der Waals surface area contributed by atoms with Gasteiger partial charge in [0, 0.05) is 6.42 Å². The number of rotatable bonds is 2. The van der Waals surface area contributed by atoms with Gasteiger partial charge in [0.1, 0.15) is 11.4 Å². The fraction of sp³-hybridized carbons (Fsp3) is 0.200. The van der Waals surface area contributed by atoms with Crippen LogP contribution in [0.3, 0.4) is 0 Å². The molecule has 1 aromatic heterocycles. The van der Waals surface area contributed by atoms with E-state index >= 15 is 0 Å². The lowest BCUT2D eigenvalue weighted by Crippen LogP contribution is -2.13. The molecule has 1 heterocycles. The molecule has 1 rings (SSSR count). The topological polar surface area (TPSA) is 76.2 Å². The van der Waals surface area contributed by atoms with Crippen LogP contribution in [0, 0.1) is 11.8 Å². The maximum Gasteiger partial charge on any atom is 0.267 e. The second-order valence-corrected chi connectivity index (χ2v) is 2.55. The van der Waals surface area contributed by atoms with Gasteiger partial charge in [-0.2, -0.15) is 0 Å². The van der Waals surface area contributed by atoms with Crippen LogP contribution in [0.4, 0.5) is 0 Å². The quantitative estimate of drug-likeness (QED) is 0.640. The van der Waals surface area contributed by atoms with Crippen LogP contribution in [0.1, 0.15) is 22.6 Å². The van der Waals surface area contributed by atoms with Crippen molar-refractivity contribution in [2.24, 2.45) is 5.73 Å². The molecule has 0 spiro atoms. The van der Waals surface area contributed by atoms with Crippen LogP contribution in [0.25, 0.3) is 0 Å². The highest BCUT2D eigenvalue weighted by molar-refractivity contribution is 5.90. The number of amides is 1. The number of aliphatic hydroxyl groups excluding tert-OH is 1. The van der Waals surface area contributed by atoms with Crippen molar-refractivity contribution in [3.8, 4) is 11.8 Å². The number of carbonyl (C=O) groups is 1. The summed E-state index contributed by atoms with van der Waals surface area (Å²) in [4.78, 5) is 14.7. The maximum absolute atomic E-state index is 10.8. The van der Waals surface area contributed by atoms with E-state index in [9.17, 15) is 4.79 Å². The summed E-state index contributed by atoms with van der Waals surface area (Å²) in [6.45, 7) is 0.0164. The highest BCUT2D eigenvalue weighted by Gasteiger charge is 2.00. The van der Waals surface area contributed by atoms with Gasteiger partial charge in [0.05, 0.1) is 6.61 Å². The summed E-state index contributed by atoms with van der Waals surface area (Å²) in [5.74, 6) is 4.84. The molecule has 1 aromatic rings. The van der Waals surface area contributed by atoms with Crippen molar-refractivity contribution in [3.05, 3.63) is 29.6 Å². The fourth-order valence-corrected chi connectivity index (χ4v) is 0.851. The van der Waals surface area contributed by atoms with E-state index in [1.807, 2.05) is 0 Å². The van der Waals surface area contributed by atoms with Crippen molar-refractivity contribution in [3.63, 3.8) is 0 Å².